The van der Waals surface area contributed by atoms with Gasteiger partial charge < -0.3 is 15.2 Å². The Balaban J connectivity index is 2.73. The van der Waals surface area contributed by atoms with Crippen molar-refractivity contribution in [1.29, 1.82) is 0 Å². The van der Waals surface area contributed by atoms with E-state index in [-0.39, 0.29) is 24.1 Å². The molecule has 0 saturated carbocycles. The van der Waals surface area contributed by atoms with Crippen LogP contribution in [-0.2, 0) is 0 Å². The molecule has 1 aromatic heterocycles. The molecule has 0 fully saturated rings. The lowest BCUT2D eigenvalue weighted by Crippen LogP contribution is -2.14. The Bertz CT molecular complexity index is 349. The number of ether oxygens (including phenoxy) is 2. The Kier molecular flexibility index (Phi) is 4.15. The fraction of sp³-hybridized carbons (Fsp3) is 0.625. The van der Waals surface area contributed by atoms with Crippen molar-refractivity contribution < 1.29 is 18.3 Å². The molecule has 0 unspecified atom stereocenters. The number of nitrogens with zero attached hydrogens (tertiary/aromatic N) is 3. The van der Waals surface area contributed by atoms with Gasteiger partial charge in [-0.1, -0.05) is 0 Å². The fourth-order valence-corrected chi connectivity index (χ4v) is 0.818. The van der Waals surface area contributed by atoms with Crippen LogP contribution in [0.4, 0.5) is 14.7 Å². The van der Waals surface area contributed by atoms with Gasteiger partial charge >= 0.3 is 12.0 Å². The number of nitrogens with two attached hydrogens (primary N) is 1. The predicted octanol–water partition coefficient (Wildman–Crippen LogP) is 0.885. The van der Waals surface area contributed by atoms with Gasteiger partial charge in [-0.25, -0.2) is 8.78 Å². The second kappa shape index (κ2) is 5.38. The molecule has 0 amide bonds. The molecule has 2 N–H and O–H groups in total. The SMILES string of the molecule is CC(C)Oc1nc(N)nc(OCC(F)F)n1. The van der Waals surface area contributed by atoms with Crippen LogP contribution >= 0.6 is 0 Å². The second-order valence-electron chi connectivity index (χ2n) is 3.13. The van der Waals surface area contributed by atoms with E-state index in [1.165, 1.54) is 0 Å². The van der Waals surface area contributed by atoms with E-state index in [0.717, 1.165) is 0 Å². The van der Waals surface area contributed by atoms with Crippen molar-refractivity contribution in [3.63, 3.8) is 0 Å². The van der Waals surface area contributed by atoms with Gasteiger partial charge in [-0.3, -0.25) is 0 Å². The molecule has 1 heterocycles. The van der Waals surface area contributed by atoms with Crippen LogP contribution in [0.15, 0.2) is 0 Å². The molecule has 0 aliphatic rings. The first kappa shape index (κ1) is 12.3. The second-order valence-corrected chi connectivity index (χ2v) is 3.13. The highest BCUT2D eigenvalue weighted by Crippen LogP contribution is 2.12. The number of nitrogen functional groups attached to an aromatic ring is 1. The van der Waals surface area contributed by atoms with Crippen LogP contribution in [0.1, 0.15) is 13.8 Å². The maximum Gasteiger partial charge on any atom is 0.324 e. The molecular weight excluding hydrogens is 222 g/mol. The highest BCUT2D eigenvalue weighted by atomic mass is 19.3. The summed E-state index contributed by atoms with van der Waals surface area (Å²) >= 11 is 0. The minimum Gasteiger partial charge on any atom is -0.461 e. The first-order valence-electron chi connectivity index (χ1n) is 4.56. The van der Waals surface area contributed by atoms with E-state index in [0.29, 0.717) is 0 Å². The standard InChI is InChI=1S/C8H12F2N4O2/c1-4(2)16-8-13-6(11)12-7(14-8)15-3-5(9)10/h4-5H,3H2,1-2H3,(H2,11,12,13,14). The molecule has 0 bridgehead atoms. The summed E-state index contributed by atoms with van der Waals surface area (Å²) in [4.78, 5) is 10.9. The quantitative estimate of drug-likeness (QED) is 0.814. The predicted molar refractivity (Wildman–Crippen MR) is 51.5 cm³/mol. The fourth-order valence-electron chi connectivity index (χ4n) is 0.818. The Morgan fingerprint density at radius 1 is 1.19 bits per heavy atom. The van der Waals surface area contributed by atoms with E-state index in [1.807, 2.05) is 0 Å². The molecule has 90 valence electrons. The summed E-state index contributed by atoms with van der Waals surface area (Å²) < 4.78 is 33.5. The molecule has 6 nitrogen and oxygen atoms in total. The van der Waals surface area contributed by atoms with E-state index in [1.54, 1.807) is 13.8 Å². The molecule has 0 aliphatic heterocycles. The minimum absolute atomic E-state index is 0.0493. The minimum atomic E-state index is -2.60. The smallest absolute Gasteiger partial charge is 0.324 e. The Morgan fingerprint density at radius 2 is 1.81 bits per heavy atom. The van der Waals surface area contributed by atoms with Crippen molar-refractivity contribution in [3.8, 4) is 12.0 Å². The number of alkyl halides is 2. The largest absolute Gasteiger partial charge is 0.461 e. The lowest BCUT2D eigenvalue weighted by molar-refractivity contribution is 0.0760. The molecular formula is C8H12F2N4O2. The zero-order valence-electron chi connectivity index (χ0n) is 8.85. The summed E-state index contributed by atoms with van der Waals surface area (Å²) in [5.41, 5.74) is 5.33. The summed E-state index contributed by atoms with van der Waals surface area (Å²) in [7, 11) is 0. The lowest BCUT2D eigenvalue weighted by Gasteiger charge is -2.09. The molecule has 0 aromatic carbocycles. The Morgan fingerprint density at radius 3 is 2.38 bits per heavy atom. The van der Waals surface area contributed by atoms with E-state index < -0.39 is 13.0 Å². The van der Waals surface area contributed by atoms with Crippen LogP contribution in [0.2, 0.25) is 0 Å². The number of rotatable bonds is 5. The van der Waals surface area contributed by atoms with Crippen LogP contribution in [0.5, 0.6) is 12.0 Å². The third-order valence-electron chi connectivity index (χ3n) is 1.29. The van der Waals surface area contributed by atoms with Crippen molar-refractivity contribution in [2.45, 2.75) is 26.4 Å². The Labute approximate surface area is 90.8 Å². The van der Waals surface area contributed by atoms with Crippen molar-refractivity contribution in [2.24, 2.45) is 0 Å². The van der Waals surface area contributed by atoms with Crippen molar-refractivity contribution in [3.05, 3.63) is 0 Å². The van der Waals surface area contributed by atoms with Gasteiger partial charge in [-0.2, -0.15) is 9.97 Å². The Hall–Kier alpha value is -1.73. The zero-order valence-corrected chi connectivity index (χ0v) is 8.85. The number of halogens is 2. The normalized spacial score (nSPS) is 10.9. The molecule has 0 atom stereocenters. The molecule has 8 heteroatoms. The molecule has 1 rings (SSSR count). The van der Waals surface area contributed by atoms with Gasteiger partial charge in [0.15, 0.2) is 6.61 Å². The van der Waals surface area contributed by atoms with Gasteiger partial charge in [0.2, 0.25) is 5.95 Å². The van der Waals surface area contributed by atoms with Crippen LogP contribution in [0.25, 0.3) is 0 Å². The van der Waals surface area contributed by atoms with Crippen LogP contribution < -0.4 is 15.2 Å². The molecule has 0 radical (unpaired) electrons. The van der Waals surface area contributed by atoms with E-state index in [4.69, 9.17) is 10.5 Å². The van der Waals surface area contributed by atoms with Crippen molar-refractivity contribution in [1.82, 2.24) is 15.0 Å². The van der Waals surface area contributed by atoms with Crippen LogP contribution in [0, 0.1) is 0 Å². The molecule has 0 spiro atoms. The first-order chi connectivity index (χ1) is 7.47. The maximum atomic E-state index is 11.9. The van der Waals surface area contributed by atoms with Crippen molar-refractivity contribution in [2.75, 3.05) is 12.3 Å². The lowest BCUT2D eigenvalue weighted by atomic mass is 10.5. The van der Waals surface area contributed by atoms with E-state index in [2.05, 4.69) is 19.7 Å². The highest BCUT2D eigenvalue weighted by Gasteiger charge is 2.10. The molecule has 0 aliphatic carbocycles. The van der Waals surface area contributed by atoms with Crippen LogP contribution in [-0.4, -0.2) is 34.1 Å². The van der Waals surface area contributed by atoms with Crippen LogP contribution in [0.3, 0.4) is 0 Å². The highest BCUT2D eigenvalue weighted by molar-refractivity contribution is 5.20. The number of hydrogen-bond acceptors (Lipinski definition) is 6. The van der Waals surface area contributed by atoms with Gasteiger partial charge in [0, 0.05) is 0 Å². The van der Waals surface area contributed by atoms with Gasteiger partial charge in [-0.15, -0.1) is 4.98 Å². The first-order valence-corrected chi connectivity index (χ1v) is 4.56. The summed E-state index contributed by atoms with van der Waals surface area (Å²) in [6.07, 6.45) is -2.77. The van der Waals surface area contributed by atoms with Gasteiger partial charge in [-0.05, 0) is 13.8 Å². The number of hydrogen-bond donors (Lipinski definition) is 1. The maximum absolute atomic E-state index is 11.9. The molecule has 1 aromatic rings. The van der Waals surface area contributed by atoms with Gasteiger partial charge in [0.25, 0.3) is 6.43 Å². The third kappa shape index (κ3) is 4.20. The molecule has 16 heavy (non-hydrogen) atoms. The summed E-state index contributed by atoms with van der Waals surface area (Å²) in [5, 5.41) is 0. The summed E-state index contributed by atoms with van der Waals surface area (Å²) in [5.74, 6) is -0.144. The number of anilines is 1. The van der Waals surface area contributed by atoms with E-state index >= 15 is 0 Å². The van der Waals surface area contributed by atoms with Gasteiger partial charge in [0.05, 0.1) is 6.10 Å². The topological polar surface area (TPSA) is 83.2 Å². The molecule has 0 saturated heterocycles. The van der Waals surface area contributed by atoms with E-state index in [9.17, 15) is 8.78 Å². The summed E-state index contributed by atoms with van der Waals surface area (Å²) in [6, 6.07) is -0.324. The third-order valence-corrected chi connectivity index (χ3v) is 1.29. The summed E-state index contributed by atoms with van der Waals surface area (Å²) in [6.45, 7) is 2.73. The van der Waals surface area contributed by atoms with Gasteiger partial charge in [0.1, 0.15) is 0 Å². The number of aromatic nitrogens is 3. The van der Waals surface area contributed by atoms with Crippen molar-refractivity contribution >= 4 is 5.95 Å². The average molecular weight is 234 g/mol. The zero-order chi connectivity index (χ0) is 12.1. The average Bonchev–Trinajstić information content (AvgIpc) is 2.12. The monoisotopic (exact) mass is 234 g/mol.